The lowest BCUT2D eigenvalue weighted by Gasteiger charge is -2.10. The van der Waals surface area contributed by atoms with Gasteiger partial charge in [0.05, 0.1) is 0 Å². The Morgan fingerprint density at radius 1 is 1.36 bits per heavy atom. The number of aromatic nitrogens is 2. The molecule has 1 heterocycles. The van der Waals surface area contributed by atoms with E-state index in [1.165, 1.54) is 0 Å². The Hall–Kier alpha value is -1.19. The van der Waals surface area contributed by atoms with Gasteiger partial charge in [-0.15, -0.1) is 0 Å². The zero-order chi connectivity index (χ0) is 8.59. The molecule has 1 aromatic rings. The van der Waals surface area contributed by atoms with Crippen LogP contribution in [0.25, 0.3) is 0 Å². The molecule has 11 heavy (non-hydrogen) atoms. The fraction of sp³-hybridized carbons (Fsp3) is 0.571. The lowest BCUT2D eigenvalue weighted by Crippen LogP contribution is -2.22. The maximum atomic E-state index is 11.2. The van der Waals surface area contributed by atoms with Crippen molar-refractivity contribution >= 4 is 5.82 Å². The van der Waals surface area contributed by atoms with Gasteiger partial charge in [-0.25, -0.2) is 4.79 Å². The highest BCUT2D eigenvalue weighted by Gasteiger charge is 2.05. The molecule has 0 aliphatic heterocycles. The van der Waals surface area contributed by atoms with Crippen LogP contribution in [0.4, 0.5) is 5.82 Å². The van der Waals surface area contributed by atoms with Gasteiger partial charge in [-0.1, -0.05) is 0 Å². The molecule has 4 nitrogen and oxygen atoms in total. The summed E-state index contributed by atoms with van der Waals surface area (Å²) in [6.07, 6.45) is 1.81. The predicted octanol–water partition coefficient (Wildman–Crippen LogP) is -0.210. The number of rotatable bonds is 1. The number of hydrogen-bond acceptors (Lipinski definition) is 2. The molecule has 0 spiro atoms. The third kappa shape index (κ3) is 1.15. The fourth-order valence-corrected chi connectivity index (χ4v) is 1.07. The first kappa shape index (κ1) is 7.91. The van der Waals surface area contributed by atoms with Crippen molar-refractivity contribution in [3.8, 4) is 0 Å². The van der Waals surface area contributed by atoms with Gasteiger partial charge < -0.3 is 9.47 Å². The third-order valence-electron chi connectivity index (χ3n) is 1.70. The van der Waals surface area contributed by atoms with E-state index in [0.29, 0.717) is 0 Å². The van der Waals surface area contributed by atoms with Crippen LogP contribution in [0, 0.1) is 0 Å². The number of imidazole rings is 1. The fourth-order valence-electron chi connectivity index (χ4n) is 1.07. The zero-order valence-corrected chi connectivity index (χ0v) is 7.33. The molecule has 0 atom stereocenters. The van der Waals surface area contributed by atoms with E-state index in [9.17, 15) is 4.79 Å². The van der Waals surface area contributed by atoms with E-state index < -0.39 is 0 Å². The maximum Gasteiger partial charge on any atom is 0.329 e. The Morgan fingerprint density at radius 2 is 1.91 bits per heavy atom. The predicted molar refractivity (Wildman–Crippen MR) is 45.0 cm³/mol. The highest BCUT2D eigenvalue weighted by atomic mass is 16.1. The summed E-state index contributed by atoms with van der Waals surface area (Å²) in [6.45, 7) is 0. The number of nitrogens with zero attached hydrogens (tertiary/aromatic N) is 3. The van der Waals surface area contributed by atoms with Crippen molar-refractivity contribution in [2.24, 2.45) is 14.1 Å². The molecule has 0 fully saturated rings. The molecular weight excluding hydrogens is 142 g/mol. The monoisotopic (exact) mass is 155 g/mol. The normalized spacial score (nSPS) is 10.2. The third-order valence-corrected chi connectivity index (χ3v) is 1.70. The van der Waals surface area contributed by atoms with Crippen LogP contribution >= 0.6 is 0 Å². The van der Waals surface area contributed by atoms with E-state index in [1.807, 2.05) is 25.2 Å². The summed E-state index contributed by atoms with van der Waals surface area (Å²) < 4.78 is 3.18. The molecule has 0 saturated heterocycles. The Balaban J connectivity index is 3.30. The van der Waals surface area contributed by atoms with Crippen molar-refractivity contribution in [2.45, 2.75) is 0 Å². The number of hydrogen-bond donors (Lipinski definition) is 0. The summed E-state index contributed by atoms with van der Waals surface area (Å²) >= 11 is 0. The van der Waals surface area contributed by atoms with Gasteiger partial charge in [0, 0.05) is 34.4 Å². The largest absolute Gasteiger partial charge is 0.363 e. The molecule has 1 aromatic heterocycles. The number of aryl methyl sites for hydroxylation is 1. The standard InChI is InChI=1S/C7H13N3O/c1-8(2)6-5-9(3)7(11)10(6)4/h5H,1-4H3. The quantitative estimate of drug-likeness (QED) is 0.561. The van der Waals surface area contributed by atoms with Crippen LogP contribution in [0.2, 0.25) is 0 Å². The minimum absolute atomic E-state index is 0.00806. The Bertz CT molecular complexity index is 308. The molecule has 0 aromatic carbocycles. The van der Waals surface area contributed by atoms with Gasteiger partial charge >= 0.3 is 5.69 Å². The van der Waals surface area contributed by atoms with Crippen molar-refractivity contribution in [1.29, 1.82) is 0 Å². The van der Waals surface area contributed by atoms with Gasteiger partial charge in [0.15, 0.2) is 0 Å². The van der Waals surface area contributed by atoms with Crippen LogP contribution in [0.15, 0.2) is 11.0 Å². The summed E-state index contributed by atoms with van der Waals surface area (Å²) in [5.74, 6) is 0.914. The Labute approximate surface area is 65.7 Å². The molecule has 0 N–H and O–H groups in total. The first-order valence-corrected chi connectivity index (χ1v) is 3.43. The molecule has 0 bridgehead atoms. The summed E-state index contributed by atoms with van der Waals surface area (Å²) in [6, 6.07) is 0. The zero-order valence-electron chi connectivity index (χ0n) is 7.33. The first-order valence-electron chi connectivity index (χ1n) is 3.43. The van der Waals surface area contributed by atoms with Gasteiger partial charge in [-0.3, -0.25) is 4.57 Å². The highest BCUT2D eigenvalue weighted by Crippen LogP contribution is 2.04. The Kier molecular flexibility index (Phi) is 1.76. The minimum atomic E-state index is 0.00806. The molecule has 0 unspecified atom stereocenters. The van der Waals surface area contributed by atoms with E-state index in [2.05, 4.69) is 0 Å². The molecule has 1 rings (SSSR count). The van der Waals surface area contributed by atoms with Crippen LogP contribution in [-0.4, -0.2) is 23.2 Å². The van der Waals surface area contributed by atoms with Crippen LogP contribution in [0.3, 0.4) is 0 Å². The summed E-state index contributed by atoms with van der Waals surface area (Å²) in [4.78, 5) is 13.1. The SMILES string of the molecule is CN(C)c1cn(C)c(=O)n1C. The summed E-state index contributed by atoms with van der Waals surface area (Å²) in [7, 11) is 7.33. The van der Waals surface area contributed by atoms with Crippen LogP contribution in [0.5, 0.6) is 0 Å². The van der Waals surface area contributed by atoms with Crippen molar-refractivity contribution < 1.29 is 0 Å². The van der Waals surface area contributed by atoms with Crippen LogP contribution < -0.4 is 10.6 Å². The summed E-state index contributed by atoms with van der Waals surface area (Å²) in [5, 5.41) is 0. The second-order valence-corrected chi connectivity index (χ2v) is 2.83. The topological polar surface area (TPSA) is 30.2 Å². The van der Waals surface area contributed by atoms with E-state index >= 15 is 0 Å². The van der Waals surface area contributed by atoms with Crippen molar-refractivity contribution in [3.05, 3.63) is 16.7 Å². The van der Waals surface area contributed by atoms with Crippen LogP contribution in [0.1, 0.15) is 0 Å². The average molecular weight is 155 g/mol. The van der Waals surface area contributed by atoms with Gasteiger partial charge in [0.2, 0.25) is 0 Å². The molecule has 0 aliphatic rings. The molecule has 0 aliphatic carbocycles. The molecule has 0 radical (unpaired) electrons. The van der Waals surface area contributed by atoms with Gasteiger partial charge in [0.25, 0.3) is 0 Å². The average Bonchev–Trinajstić information content (AvgIpc) is 2.17. The smallest absolute Gasteiger partial charge is 0.329 e. The van der Waals surface area contributed by atoms with E-state index in [1.54, 1.807) is 23.2 Å². The second kappa shape index (κ2) is 2.45. The Morgan fingerprint density at radius 3 is 2.09 bits per heavy atom. The van der Waals surface area contributed by atoms with Gasteiger partial charge in [-0.2, -0.15) is 0 Å². The van der Waals surface area contributed by atoms with E-state index in [4.69, 9.17) is 0 Å². The molecule has 0 amide bonds. The van der Waals surface area contributed by atoms with E-state index in [-0.39, 0.29) is 5.69 Å². The first-order chi connectivity index (χ1) is 5.04. The highest BCUT2D eigenvalue weighted by molar-refractivity contribution is 5.34. The maximum absolute atomic E-state index is 11.2. The molecule has 4 heteroatoms. The van der Waals surface area contributed by atoms with Crippen LogP contribution in [-0.2, 0) is 14.1 Å². The van der Waals surface area contributed by atoms with Gasteiger partial charge in [0.1, 0.15) is 5.82 Å². The molecule has 62 valence electrons. The second-order valence-electron chi connectivity index (χ2n) is 2.83. The minimum Gasteiger partial charge on any atom is -0.363 e. The molecule has 0 saturated carbocycles. The lowest BCUT2D eigenvalue weighted by molar-refractivity contribution is 0.770. The van der Waals surface area contributed by atoms with E-state index in [0.717, 1.165) is 5.82 Å². The summed E-state index contributed by atoms with van der Waals surface area (Å²) in [5.41, 5.74) is 0.00806. The van der Waals surface area contributed by atoms with Crippen molar-refractivity contribution in [1.82, 2.24) is 9.13 Å². The number of anilines is 1. The van der Waals surface area contributed by atoms with Crippen molar-refractivity contribution in [2.75, 3.05) is 19.0 Å². The van der Waals surface area contributed by atoms with Crippen molar-refractivity contribution in [3.63, 3.8) is 0 Å². The molecular formula is C7H13N3O. The van der Waals surface area contributed by atoms with Gasteiger partial charge in [-0.05, 0) is 0 Å². The lowest BCUT2D eigenvalue weighted by atomic mass is 10.6.